The number of hydrogen-bond donors (Lipinski definition) is 3. The van der Waals surface area contributed by atoms with E-state index in [-0.39, 0.29) is 0 Å². The minimum absolute atomic E-state index is 0.390. The molecule has 0 unspecified atom stereocenters. The van der Waals surface area contributed by atoms with Crippen molar-refractivity contribution in [3.05, 3.63) is 42.2 Å². The number of hydrogen-bond acceptors (Lipinski definition) is 6. The van der Waals surface area contributed by atoms with Crippen molar-refractivity contribution in [2.24, 2.45) is 0 Å². The highest BCUT2D eigenvalue weighted by molar-refractivity contribution is 5.64. The van der Waals surface area contributed by atoms with Gasteiger partial charge >= 0.3 is 0 Å². The molecule has 0 spiro atoms. The van der Waals surface area contributed by atoms with Gasteiger partial charge in [-0.05, 0) is 32.9 Å². The van der Waals surface area contributed by atoms with Crippen LogP contribution in [-0.4, -0.2) is 45.2 Å². The maximum atomic E-state index is 10.5. The fraction of sp³-hybridized carbons (Fsp3) is 0.400. The van der Waals surface area contributed by atoms with Crippen LogP contribution in [0.2, 0.25) is 0 Å². The Morgan fingerprint density at radius 2 is 2.19 bits per heavy atom. The molecule has 4 rings (SSSR count). The van der Waals surface area contributed by atoms with Crippen LogP contribution in [-0.2, 0) is 5.60 Å². The van der Waals surface area contributed by atoms with E-state index in [1.165, 1.54) is 0 Å². The van der Waals surface area contributed by atoms with Gasteiger partial charge in [0, 0.05) is 30.4 Å². The van der Waals surface area contributed by atoms with Crippen LogP contribution in [0.25, 0.3) is 17.0 Å². The third kappa shape index (κ3) is 3.24. The largest absolute Gasteiger partial charge is 0.496 e. The first kappa shape index (κ1) is 17.8. The van der Waals surface area contributed by atoms with Crippen LogP contribution < -0.4 is 15.4 Å². The standard InChI is InChI=1S/C20H25N5O2/c1-12-15(9-21-12)24-18-7-5-6-14(23-18)16-10-22-19-8-17(27-4)13(11-25(16)19)20(2,3)26/h5-8,10-12,15,21,26H,9H2,1-4H3,(H,23,24)/t12-,15+/m0/s1. The highest BCUT2D eigenvalue weighted by atomic mass is 16.5. The van der Waals surface area contributed by atoms with E-state index in [1.807, 2.05) is 34.9 Å². The molecule has 0 bridgehead atoms. The van der Waals surface area contributed by atoms with Gasteiger partial charge < -0.3 is 20.5 Å². The molecule has 0 amide bonds. The molecule has 0 saturated carbocycles. The van der Waals surface area contributed by atoms with Crippen molar-refractivity contribution in [3.8, 4) is 17.1 Å². The highest BCUT2D eigenvalue weighted by Crippen LogP contribution is 2.32. The van der Waals surface area contributed by atoms with Gasteiger partial charge in [0.1, 0.15) is 17.2 Å². The van der Waals surface area contributed by atoms with Crippen molar-refractivity contribution in [1.82, 2.24) is 19.7 Å². The molecule has 1 aliphatic rings. The number of anilines is 1. The smallest absolute Gasteiger partial charge is 0.140 e. The molecule has 0 aliphatic carbocycles. The SMILES string of the molecule is COc1cc2ncc(-c3cccc(N[C@@H]4CN[C@H]4C)n3)n2cc1C(C)(C)O. The lowest BCUT2D eigenvalue weighted by atomic mass is 9.99. The summed E-state index contributed by atoms with van der Waals surface area (Å²) in [5, 5.41) is 17.3. The Labute approximate surface area is 158 Å². The summed E-state index contributed by atoms with van der Waals surface area (Å²) in [7, 11) is 1.60. The summed E-state index contributed by atoms with van der Waals surface area (Å²) in [6, 6.07) is 8.59. The fourth-order valence-corrected chi connectivity index (χ4v) is 3.32. The van der Waals surface area contributed by atoms with Crippen LogP contribution in [0.1, 0.15) is 26.3 Å². The Hall–Kier alpha value is -2.64. The van der Waals surface area contributed by atoms with Gasteiger partial charge in [-0.2, -0.15) is 0 Å². The minimum Gasteiger partial charge on any atom is -0.496 e. The second-order valence-corrected chi connectivity index (χ2v) is 7.54. The lowest BCUT2D eigenvalue weighted by Gasteiger charge is -2.36. The molecule has 0 aromatic carbocycles. The number of aliphatic hydroxyl groups is 1. The molecule has 3 aromatic heterocycles. The zero-order valence-electron chi connectivity index (χ0n) is 16.0. The highest BCUT2D eigenvalue weighted by Gasteiger charge is 2.26. The quantitative estimate of drug-likeness (QED) is 0.642. The van der Waals surface area contributed by atoms with E-state index in [9.17, 15) is 5.11 Å². The summed E-state index contributed by atoms with van der Waals surface area (Å²) < 4.78 is 7.38. The van der Waals surface area contributed by atoms with Gasteiger partial charge in [-0.1, -0.05) is 6.07 Å². The van der Waals surface area contributed by atoms with E-state index in [4.69, 9.17) is 9.72 Å². The lowest BCUT2D eigenvalue weighted by Crippen LogP contribution is -2.59. The number of ether oxygens (including phenoxy) is 1. The summed E-state index contributed by atoms with van der Waals surface area (Å²) in [4.78, 5) is 9.25. The first-order valence-corrected chi connectivity index (χ1v) is 9.12. The van der Waals surface area contributed by atoms with E-state index in [0.717, 1.165) is 29.4 Å². The van der Waals surface area contributed by atoms with Crippen molar-refractivity contribution in [2.75, 3.05) is 19.0 Å². The maximum absolute atomic E-state index is 10.5. The molecule has 2 atom stereocenters. The number of aromatic nitrogens is 3. The van der Waals surface area contributed by atoms with Crippen LogP contribution in [0.4, 0.5) is 5.82 Å². The Balaban J connectivity index is 1.75. The molecular formula is C20H25N5O2. The van der Waals surface area contributed by atoms with Crippen molar-refractivity contribution < 1.29 is 9.84 Å². The lowest BCUT2D eigenvalue weighted by molar-refractivity contribution is 0.0752. The van der Waals surface area contributed by atoms with Gasteiger partial charge in [-0.25, -0.2) is 9.97 Å². The number of methoxy groups -OCH3 is 1. The van der Waals surface area contributed by atoms with Crippen LogP contribution in [0.15, 0.2) is 36.7 Å². The molecular weight excluding hydrogens is 342 g/mol. The summed E-state index contributed by atoms with van der Waals surface area (Å²) in [5.74, 6) is 1.46. The van der Waals surface area contributed by atoms with Crippen LogP contribution in [0, 0.1) is 0 Å². The number of nitrogens with zero attached hydrogens (tertiary/aromatic N) is 3. The van der Waals surface area contributed by atoms with Crippen molar-refractivity contribution in [1.29, 1.82) is 0 Å². The number of pyridine rings is 2. The Bertz CT molecular complexity index is 976. The predicted octanol–water partition coefficient (Wildman–Crippen LogP) is 2.40. The third-order valence-corrected chi connectivity index (χ3v) is 5.10. The minimum atomic E-state index is -1.04. The normalized spacial score (nSPS) is 19.7. The molecule has 7 nitrogen and oxygen atoms in total. The summed E-state index contributed by atoms with van der Waals surface area (Å²) >= 11 is 0. The van der Waals surface area contributed by atoms with E-state index in [1.54, 1.807) is 27.2 Å². The molecule has 1 fully saturated rings. The molecule has 0 radical (unpaired) electrons. The first-order valence-electron chi connectivity index (χ1n) is 9.12. The molecule has 1 saturated heterocycles. The fourth-order valence-electron chi connectivity index (χ4n) is 3.32. The van der Waals surface area contributed by atoms with Gasteiger partial charge in [0.2, 0.25) is 0 Å². The van der Waals surface area contributed by atoms with E-state index in [0.29, 0.717) is 23.4 Å². The van der Waals surface area contributed by atoms with Crippen molar-refractivity contribution >= 4 is 11.5 Å². The molecule has 27 heavy (non-hydrogen) atoms. The first-order chi connectivity index (χ1) is 12.9. The Morgan fingerprint density at radius 3 is 2.81 bits per heavy atom. The molecule has 3 N–H and O–H groups in total. The average Bonchev–Trinajstić information content (AvgIpc) is 3.06. The van der Waals surface area contributed by atoms with Crippen molar-refractivity contribution in [2.45, 2.75) is 38.5 Å². The molecule has 7 heteroatoms. The molecule has 4 heterocycles. The summed E-state index contributed by atoms with van der Waals surface area (Å²) in [5.41, 5.74) is 2.08. The Kier molecular flexibility index (Phi) is 4.28. The monoisotopic (exact) mass is 367 g/mol. The summed E-state index contributed by atoms with van der Waals surface area (Å²) in [6.07, 6.45) is 3.67. The van der Waals surface area contributed by atoms with E-state index in [2.05, 4.69) is 22.5 Å². The van der Waals surface area contributed by atoms with Crippen LogP contribution >= 0.6 is 0 Å². The second kappa shape index (κ2) is 6.51. The van der Waals surface area contributed by atoms with Gasteiger partial charge in [-0.15, -0.1) is 0 Å². The zero-order valence-corrected chi connectivity index (χ0v) is 16.0. The average molecular weight is 367 g/mol. The second-order valence-electron chi connectivity index (χ2n) is 7.54. The molecule has 142 valence electrons. The van der Waals surface area contributed by atoms with Gasteiger partial charge in [-0.3, -0.25) is 4.40 Å². The summed E-state index contributed by atoms with van der Waals surface area (Å²) in [6.45, 7) is 6.58. The topological polar surface area (TPSA) is 83.7 Å². The van der Waals surface area contributed by atoms with Gasteiger partial charge in [0.05, 0.1) is 36.3 Å². The third-order valence-electron chi connectivity index (χ3n) is 5.10. The van der Waals surface area contributed by atoms with E-state index < -0.39 is 5.60 Å². The Morgan fingerprint density at radius 1 is 1.37 bits per heavy atom. The number of rotatable bonds is 5. The van der Waals surface area contributed by atoms with E-state index >= 15 is 0 Å². The zero-order chi connectivity index (χ0) is 19.2. The van der Waals surface area contributed by atoms with Gasteiger partial charge in [0.25, 0.3) is 0 Å². The number of nitrogens with one attached hydrogen (secondary N) is 2. The predicted molar refractivity (Wildman–Crippen MR) is 105 cm³/mol. The number of fused-ring (bicyclic) bond motifs is 1. The molecule has 3 aromatic rings. The van der Waals surface area contributed by atoms with Crippen LogP contribution in [0.3, 0.4) is 0 Å². The molecule has 1 aliphatic heterocycles. The van der Waals surface area contributed by atoms with Crippen molar-refractivity contribution in [3.63, 3.8) is 0 Å². The van der Waals surface area contributed by atoms with Crippen LogP contribution in [0.5, 0.6) is 5.75 Å². The van der Waals surface area contributed by atoms with Gasteiger partial charge in [0.15, 0.2) is 0 Å². The maximum Gasteiger partial charge on any atom is 0.140 e. The number of imidazole rings is 1.